The molecular formula is C24H26ClN3O2. The summed E-state index contributed by atoms with van der Waals surface area (Å²) in [5.41, 5.74) is 3.01. The molecule has 30 heavy (non-hydrogen) atoms. The van der Waals surface area contributed by atoms with Gasteiger partial charge in [-0.05, 0) is 43.5 Å². The summed E-state index contributed by atoms with van der Waals surface area (Å²) in [6, 6.07) is 17.6. The second kappa shape index (κ2) is 9.35. The van der Waals surface area contributed by atoms with E-state index in [-0.39, 0.29) is 11.8 Å². The van der Waals surface area contributed by atoms with Crippen molar-refractivity contribution in [2.45, 2.75) is 45.8 Å². The van der Waals surface area contributed by atoms with Gasteiger partial charge >= 0.3 is 0 Å². The minimum Gasteiger partial charge on any atom is -0.489 e. The summed E-state index contributed by atoms with van der Waals surface area (Å²) in [5, 5.41) is 8.22. The van der Waals surface area contributed by atoms with E-state index in [1.807, 2.05) is 66.2 Å². The summed E-state index contributed by atoms with van der Waals surface area (Å²) >= 11 is 6.24. The molecule has 0 aliphatic heterocycles. The number of carbonyl (C=O) groups is 1. The number of hydrogen-bond acceptors (Lipinski definition) is 3. The summed E-state index contributed by atoms with van der Waals surface area (Å²) in [4.78, 5) is 12.4. The minimum atomic E-state index is 0.0757. The lowest BCUT2D eigenvalue weighted by Crippen LogP contribution is -2.20. The van der Waals surface area contributed by atoms with Gasteiger partial charge in [-0.2, -0.15) is 5.10 Å². The van der Waals surface area contributed by atoms with Gasteiger partial charge in [-0.1, -0.05) is 54.8 Å². The molecule has 0 bridgehead atoms. The minimum absolute atomic E-state index is 0.0757. The summed E-state index contributed by atoms with van der Waals surface area (Å²) in [6.45, 7) is 2.97. The van der Waals surface area contributed by atoms with Gasteiger partial charge in [-0.3, -0.25) is 9.48 Å². The normalized spacial score (nSPS) is 14.1. The molecule has 0 radical (unpaired) electrons. The first-order valence-corrected chi connectivity index (χ1v) is 10.8. The molecule has 1 saturated carbocycles. The fourth-order valence-electron chi connectivity index (χ4n) is 3.86. The van der Waals surface area contributed by atoms with Crippen molar-refractivity contribution in [3.8, 4) is 5.75 Å². The van der Waals surface area contributed by atoms with Crippen molar-refractivity contribution >= 4 is 23.3 Å². The van der Waals surface area contributed by atoms with Crippen molar-refractivity contribution in [2.24, 2.45) is 5.92 Å². The smallest absolute Gasteiger partial charge is 0.228 e. The van der Waals surface area contributed by atoms with Crippen LogP contribution in [0.3, 0.4) is 0 Å². The molecule has 1 fully saturated rings. The van der Waals surface area contributed by atoms with Crippen LogP contribution in [0.1, 0.15) is 42.5 Å². The molecule has 0 atom stereocenters. The van der Waals surface area contributed by atoms with Crippen LogP contribution in [0.4, 0.5) is 5.82 Å². The van der Waals surface area contributed by atoms with Crippen molar-refractivity contribution in [1.29, 1.82) is 0 Å². The zero-order valence-corrected chi connectivity index (χ0v) is 17.9. The van der Waals surface area contributed by atoms with Crippen molar-refractivity contribution in [1.82, 2.24) is 9.78 Å². The van der Waals surface area contributed by atoms with Crippen molar-refractivity contribution in [3.63, 3.8) is 0 Å². The third-order valence-corrected chi connectivity index (χ3v) is 5.77. The Balaban J connectivity index is 1.47. The number of amides is 1. The van der Waals surface area contributed by atoms with Gasteiger partial charge in [0.1, 0.15) is 12.4 Å². The summed E-state index contributed by atoms with van der Waals surface area (Å²) in [5.74, 6) is 1.56. The van der Waals surface area contributed by atoms with Crippen LogP contribution in [-0.4, -0.2) is 15.7 Å². The average Bonchev–Trinajstić information content (AvgIpc) is 3.39. The monoisotopic (exact) mass is 423 g/mol. The maximum Gasteiger partial charge on any atom is 0.228 e. The number of ether oxygens (including phenoxy) is 1. The van der Waals surface area contributed by atoms with Gasteiger partial charge in [-0.25, -0.2) is 0 Å². The molecule has 5 nitrogen and oxygen atoms in total. The third-order valence-electron chi connectivity index (χ3n) is 5.54. The zero-order valence-electron chi connectivity index (χ0n) is 17.1. The van der Waals surface area contributed by atoms with E-state index in [0.717, 1.165) is 48.3 Å². The van der Waals surface area contributed by atoms with Gasteiger partial charge in [0, 0.05) is 28.3 Å². The molecule has 6 heteroatoms. The van der Waals surface area contributed by atoms with E-state index in [1.54, 1.807) is 0 Å². The number of carbonyl (C=O) groups excluding carboxylic acids is 1. The van der Waals surface area contributed by atoms with Crippen LogP contribution in [0.25, 0.3) is 0 Å². The van der Waals surface area contributed by atoms with Gasteiger partial charge in [0.05, 0.1) is 6.54 Å². The number of hydrogen-bond donors (Lipinski definition) is 1. The molecule has 1 aromatic heterocycles. The number of aryl methyl sites for hydroxylation is 1. The number of rotatable bonds is 7. The molecule has 1 N–H and O–H groups in total. The first kappa shape index (κ1) is 20.5. The molecular weight excluding hydrogens is 398 g/mol. The van der Waals surface area contributed by atoms with Crippen molar-refractivity contribution < 1.29 is 9.53 Å². The lowest BCUT2D eigenvalue weighted by atomic mass is 10.1. The van der Waals surface area contributed by atoms with E-state index >= 15 is 0 Å². The number of benzene rings is 2. The van der Waals surface area contributed by atoms with E-state index < -0.39 is 0 Å². The van der Waals surface area contributed by atoms with Crippen molar-refractivity contribution in [3.05, 3.63) is 76.4 Å². The maximum atomic E-state index is 12.4. The highest BCUT2D eigenvalue weighted by Crippen LogP contribution is 2.27. The van der Waals surface area contributed by atoms with E-state index in [0.29, 0.717) is 24.0 Å². The largest absolute Gasteiger partial charge is 0.489 e. The van der Waals surface area contributed by atoms with Gasteiger partial charge < -0.3 is 10.1 Å². The Morgan fingerprint density at radius 3 is 2.70 bits per heavy atom. The molecule has 1 aliphatic rings. The van der Waals surface area contributed by atoms with Crippen LogP contribution < -0.4 is 10.1 Å². The fraction of sp³-hybridized carbons (Fsp3) is 0.333. The van der Waals surface area contributed by atoms with Crippen LogP contribution in [0.15, 0.2) is 54.6 Å². The average molecular weight is 424 g/mol. The third kappa shape index (κ3) is 5.03. The Labute approximate surface area is 182 Å². The van der Waals surface area contributed by atoms with Crippen molar-refractivity contribution in [2.75, 3.05) is 5.32 Å². The van der Waals surface area contributed by atoms with Gasteiger partial charge in [0.15, 0.2) is 5.82 Å². The number of nitrogens with zero attached hydrogens (tertiary/aromatic N) is 2. The molecule has 0 spiro atoms. The van der Waals surface area contributed by atoms with E-state index in [1.165, 1.54) is 0 Å². The molecule has 3 aromatic rings. The van der Waals surface area contributed by atoms with E-state index in [9.17, 15) is 4.79 Å². The van der Waals surface area contributed by atoms with Crippen LogP contribution >= 0.6 is 11.6 Å². The van der Waals surface area contributed by atoms with E-state index in [4.69, 9.17) is 16.3 Å². The molecule has 1 amide bonds. The lowest BCUT2D eigenvalue weighted by Gasteiger charge is -2.13. The van der Waals surface area contributed by atoms with E-state index in [2.05, 4.69) is 10.4 Å². The Morgan fingerprint density at radius 2 is 1.93 bits per heavy atom. The molecule has 1 heterocycles. The van der Waals surface area contributed by atoms with Gasteiger partial charge in [-0.15, -0.1) is 0 Å². The molecule has 0 saturated heterocycles. The first-order chi connectivity index (χ1) is 14.6. The van der Waals surface area contributed by atoms with Crippen LogP contribution in [-0.2, 0) is 17.9 Å². The maximum absolute atomic E-state index is 12.4. The highest BCUT2D eigenvalue weighted by molar-refractivity contribution is 6.30. The Morgan fingerprint density at radius 1 is 1.17 bits per heavy atom. The second-order valence-electron chi connectivity index (χ2n) is 7.83. The second-order valence-corrected chi connectivity index (χ2v) is 8.26. The predicted octanol–water partition coefficient (Wildman–Crippen LogP) is 5.60. The highest BCUT2D eigenvalue weighted by atomic mass is 35.5. The molecule has 0 unspecified atom stereocenters. The quantitative estimate of drug-likeness (QED) is 0.538. The molecule has 2 aromatic carbocycles. The number of halogens is 1. The topological polar surface area (TPSA) is 56.2 Å². The summed E-state index contributed by atoms with van der Waals surface area (Å²) < 4.78 is 7.93. The molecule has 1 aliphatic carbocycles. The number of anilines is 1. The summed E-state index contributed by atoms with van der Waals surface area (Å²) in [6.07, 6.45) is 4.20. The molecule has 156 valence electrons. The van der Waals surface area contributed by atoms with Crippen LogP contribution in [0.2, 0.25) is 5.02 Å². The Bertz CT molecular complexity index is 1010. The zero-order chi connectivity index (χ0) is 20.9. The Hall–Kier alpha value is -2.79. The lowest BCUT2D eigenvalue weighted by molar-refractivity contribution is -0.119. The van der Waals surface area contributed by atoms with Gasteiger partial charge in [0.25, 0.3) is 0 Å². The highest BCUT2D eigenvalue weighted by Gasteiger charge is 2.23. The standard InChI is InChI=1S/C24H26ClN3O2/c1-17-13-23(26-24(29)19-9-5-6-10-19)27-28(17)15-20-14-21(25)11-12-22(20)30-16-18-7-3-2-4-8-18/h2-4,7-8,11-14,19H,5-6,9-10,15-16H2,1H3,(H,26,27,29). The fourth-order valence-corrected chi connectivity index (χ4v) is 4.05. The predicted molar refractivity (Wildman–Crippen MR) is 119 cm³/mol. The number of nitrogens with one attached hydrogen (secondary N) is 1. The molecule has 4 rings (SSSR count). The van der Waals surface area contributed by atoms with Gasteiger partial charge in [0.2, 0.25) is 5.91 Å². The first-order valence-electron chi connectivity index (χ1n) is 10.4. The van der Waals surface area contributed by atoms with Crippen LogP contribution in [0, 0.1) is 12.8 Å². The SMILES string of the molecule is Cc1cc(NC(=O)C2CCCC2)nn1Cc1cc(Cl)ccc1OCc1ccccc1. The Kier molecular flexibility index (Phi) is 6.38. The van der Waals surface area contributed by atoms with Crippen LogP contribution in [0.5, 0.6) is 5.75 Å². The summed E-state index contributed by atoms with van der Waals surface area (Å²) in [7, 11) is 0. The number of aromatic nitrogens is 2.